The van der Waals surface area contributed by atoms with Gasteiger partial charge in [0, 0.05) is 30.3 Å². The molecule has 3 aromatic rings. The predicted octanol–water partition coefficient (Wildman–Crippen LogP) is 4.31. The molecule has 1 amide bonds. The van der Waals surface area contributed by atoms with Gasteiger partial charge in [0.1, 0.15) is 17.6 Å². The zero-order valence-electron chi connectivity index (χ0n) is 13.5. The number of aromatic nitrogens is 1. The van der Waals surface area contributed by atoms with Crippen molar-refractivity contribution in [2.45, 2.75) is 6.92 Å². The van der Waals surface area contributed by atoms with Crippen molar-refractivity contribution in [3.05, 3.63) is 52.9 Å². The molecule has 1 heterocycles. The lowest BCUT2D eigenvalue weighted by Crippen LogP contribution is -2.06. The molecule has 0 saturated heterocycles. The van der Waals surface area contributed by atoms with E-state index in [-0.39, 0.29) is 27.9 Å². The summed E-state index contributed by atoms with van der Waals surface area (Å²) >= 11 is 5.80. The average molecular weight is 371 g/mol. The number of nitrogens with one attached hydrogen (secondary N) is 2. The molecule has 6 nitrogen and oxygen atoms in total. The van der Waals surface area contributed by atoms with E-state index in [4.69, 9.17) is 11.6 Å². The van der Waals surface area contributed by atoms with E-state index in [1.54, 1.807) is 0 Å². The summed E-state index contributed by atoms with van der Waals surface area (Å²) in [5, 5.41) is 25.4. The third kappa shape index (κ3) is 3.36. The number of hydrogen-bond acceptors (Lipinski definition) is 5. The van der Waals surface area contributed by atoms with Crippen LogP contribution in [0.5, 0.6) is 5.75 Å². The number of fused-ring (bicyclic) bond motifs is 1. The first kappa shape index (κ1) is 17.5. The van der Waals surface area contributed by atoms with E-state index in [1.807, 2.05) is 6.07 Å². The maximum atomic E-state index is 13.4. The summed E-state index contributed by atoms with van der Waals surface area (Å²) in [6.07, 6.45) is 1.35. The van der Waals surface area contributed by atoms with Gasteiger partial charge >= 0.3 is 0 Å². The third-order valence-corrected chi connectivity index (χ3v) is 3.90. The second-order valence-electron chi connectivity index (χ2n) is 5.48. The molecule has 0 unspecified atom stereocenters. The zero-order valence-corrected chi connectivity index (χ0v) is 14.2. The van der Waals surface area contributed by atoms with E-state index in [2.05, 4.69) is 15.6 Å². The number of carbonyl (C=O) groups excluding carboxylic acids is 1. The summed E-state index contributed by atoms with van der Waals surface area (Å²) in [7, 11) is 0. The number of aromatic hydroxyl groups is 1. The number of amides is 1. The highest BCUT2D eigenvalue weighted by molar-refractivity contribution is 6.31. The van der Waals surface area contributed by atoms with Gasteiger partial charge in [-0.2, -0.15) is 5.26 Å². The van der Waals surface area contributed by atoms with Crippen LogP contribution in [0.1, 0.15) is 12.5 Å². The molecule has 0 atom stereocenters. The third-order valence-electron chi connectivity index (χ3n) is 3.61. The molecule has 0 fully saturated rings. The summed E-state index contributed by atoms with van der Waals surface area (Å²) in [6.45, 7) is 1.31. The first-order valence-electron chi connectivity index (χ1n) is 7.44. The summed E-state index contributed by atoms with van der Waals surface area (Å²) in [5.74, 6) is -1.07. The van der Waals surface area contributed by atoms with Crippen molar-refractivity contribution in [2.24, 2.45) is 0 Å². The number of nitrogens with zero attached hydrogens (tertiary/aromatic N) is 2. The van der Waals surface area contributed by atoms with Crippen LogP contribution in [0.15, 0.2) is 36.5 Å². The second-order valence-corrected chi connectivity index (χ2v) is 5.89. The lowest BCUT2D eigenvalue weighted by Gasteiger charge is -2.14. The van der Waals surface area contributed by atoms with Gasteiger partial charge in [-0.1, -0.05) is 11.6 Å². The smallest absolute Gasteiger partial charge is 0.221 e. The van der Waals surface area contributed by atoms with Gasteiger partial charge in [0.05, 0.1) is 27.5 Å². The minimum absolute atomic E-state index is 0.0663. The highest BCUT2D eigenvalue weighted by atomic mass is 35.5. The lowest BCUT2D eigenvalue weighted by atomic mass is 10.1. The van der Waals surface area contributed by atoms with E-state index in [9.17, 15) is 19.6 Å². The zero-order chi connectivity index (χ0) is 18.8. The Balaban J connectivity index is 2.19. The van der Waals surface area contributed by atoms with Crippen molar-refractivity contribution in [1.82, 2.24) is 4.98 Å². The number of pyridine rings is 1. The monoisotopic (exact) mass is 370 g/mol. The number of hydrogen-bond donors (Lipinski definition) is 3. The fraction of sp³-hybridized carbons (Fsp3) is 0.0556. The van der Waals surface area contributed by atoms with Crippen molar-refractivity contribution < 1.29 is 14.3 Å². The number of carbonyl (C=O) groups is 1. The Morgan fingerprint density at radius 3 is 2.77 bits per heavy atom. The van der Waals surface area contributed by atoms with Crippen LogP contribution in [0.2, 0.25) is 5.02 Å². The van der Waals surface area contributed by atoms with E-state index in [0.717, 1.165) is 0 Å². The Kier molecular flexibility index (Phi) is 4.61. The molecular weight excluding hydrogens is 359 g/mol. The van der Waals surface area contributed by atoms with Gasteiger partial charge in [0.25, 0.3) is 0 Å². The number of phenols is 1. The van der Waals surface area contributed by atoms with Crippen LogP contribution in [0.4, 0.5) is 21.5 Å². The number of benzene rings is 2. The molecule has 1 aromatic heterocycles. The number of anilines is 3. The van der Waals surface area contributed by atoms with Crippen molar-refractivity contribution in [3.63, 3.8) is 0 Å². The normalized spacial score (nSPS) is 10.4. The Morgan fingerprint density at radius 2 is 2.12 bits per heavy atom. The summed E-state index contributed by atoms with van der Waals surface area (Å²) < 4.78 is 13.4. The first-order chi connectivity index (χ1) is 12.4. The van der Waals surface area contributed by atoms with E-state index in [0.29, 0.717) is 22.3 Å². The molecule has 0 aliphatic heterocycles. The predicted molar refractivity (Wildman–Crippen MR) is 97.1 cm³/mol. The highest BCUT2D eigenvalue weighted by Gasteiger charge is 2.14. The minimum Gasteiger partial charge on any atom is -0.506 e. The van der Waals surface area contributed by atoms with Gasteiger partial charge in [-0.25, -0.2) is 4.39 Å². The molecule has 26 heavy (non-hydrogen) atoms. The lowest BCUT2D eigenvalue weighted by molar-refractivity contribution is -0.114. The van der Waals surface area contributed by atoms with Gasteiger partial charge in [-0.15, -0.1) is 0 Å². The molecule has 0 spiro atoms. The SMILES string of the molecule is CC(=O)Nc1cc2c(Nc3ccc(F)c(Cl)c3)c(C#N)cnc2cc1O. The van der Waals surface area contributed by atoms with Crippen LogP contribution in [0, 0.1) is 17.1 Å². The Morgan fingerprint density at radius 1 is 1.35 bits per heavy atom. The maximum absolute atomic E-state index is 13.4. The number of phenolic OH excluding ortho intramolecular Hbond substituents is 1. The van der Waals surface area contributed by atoms with Crippen LogP contribution in [0.25, 0.3) is 10.9 Å². The Labute approximate surface area is 152 Å². The molecule has 0 saturated carbocycles. The Hall–Kier alpha value is -3.37. The second kappa shape index (κ2) is 6.86. The van der Waals surface area contributed by atoms with E-state index in [1.165, 1.54) is 43.5 Å². The van der Waals surface area contributed by atoms with Crippen LogP contribution in [-0.4, -0.2) is 16.0 Å². The topological polar surface area (TPSA) is 98.0 Å². The van der Waals surface area contributed by atoms with Crippen LogP contribution in [-0.2, 0) is 4.79 Å². The molecule has 130 valence electrons. The number of halogens is 2. The molecule has 0 aliphatic rings. The molecule has 0 bridgehead atoms. The molecule has 8 heteroatoms. The first-order valence-corrected chi connectivity index (χ1v) is 7.82. The van der Waals surface area contributed by atoms with Gasteiger partial charge in [-0.3, -0.25) is 9.78 Å². The maximum Gasteiger partial charge on any atom is 0.221 e. The highest BCUT2D eigenvalue weighted by Crippen LogP contribution is 2.35. The number of rotatable bonds is 3. The molecule has 3 N–H and O–H groups in total. The summed E-state index contributed by atoms with van der Waals surface area (Å²) in [5.41, 5.74) is 1.69. The van der Waals surface area contributed by atoms with Crippen molar-refractivity contribution in [3.8, 4) is 11.8 Å². The van der Waals surface area contributed by atoms with Gasteiger partial charge in [-0.05, 0) is 24.3 Å². The van der Waals surface area contributed by atoms with Gasteiger partial charge in [0.15, 0.2) is 0 Å². The van der Waals surface area contributed by atoms with E-state index < -0.39 is 5.82 Å². The largest absolute Gasteiger partial charge is 0.506 e. The molecule has 2 aromatic carbocycles. The van der Waals surface area contributed by atoms with Crippen LogP contribution in [0.3, 0.4) is 0 Å². The minimum atomic E-state index is -0.560. The van der Waals surface area contributed by atoms with E-state index >= 15 is 0 Å². The van der Waals surface area contributed by atoms with Crippen molar-refractivity contribution in [1.29, 1.82) is 5.26 Å². The standard InChI is InChI=1S/C18H12ClFN4O2/c1-9(25)23-16-5-12-15(6-17(16)26)22-8-10(7-21)18(12)24-11-2-3-14(20)13(19)4-11/h2-6,8,26H,1H3,(H,22,24)(H,23,25). The van der Waals surface area contributed by atoms with Gasteiger partial charge < -0.3 is 15.7 Å². The van der Waals surface area contributed by atoms with Crippen LogP contribution >= 0.6 is 11.6 Å². The fourth-order valence-electron chi connectivity index (χ4n) is 2.46. The average Bonchev–Trinajstić information content (AvgIpc) is 2.59. The molecule has 0 aliphatic carbocycles. The van der Waals surface area contributed by atoms with Crippen LogP contribution < -0.4 is 10.6 Å². The molecule has 3 rings (SSSR count). The fourth-order valence-corrected chi connectivity index (χ4v) is 2.64. The summed E-state index contributed by atoms with van der Waals surface area (Å²) in [6, 6.07) is 8.98. The Bertz CT molecular complexity index is 1080. The van der Waals surface area contributed by atoms with Gasteiger partial charge in [0.2, 0.25) is 5.91 Å². The number of nitriles is 1. The molecule has 0 radical (unpaired) electrons. The molecular formula is C18H12ClFN4O2. The quantitative estimate of drug-likeness (QED) is 0.597. The van der Waals surface area contributed by atoms with Crippen molar-refractivity contribution >= 4 is 45.5 Å². The van der Waals surface area contributed by atoms with Crippen molar-refractivity contribution in [2.75, 3.05) is 10.6 Å². The summed E-state index contributed by atoms with van der Waals surface area (Å²) in [4.78, 5) is 15.5.